The molecule has 0 aliphatic heterocycles. The second-order valence-corrected chi connectivity index (χ2v) is 2.09. The maximum atomic E-state index is 10.6. The van der Waals surface area contributed by atoms with Crippen LogP contribution in [0.3, 0.4) is 0 Å². The molecule has 0 saturated carbocycles. The molecule has 0 saturated heterocycles. The molecule has 4 nitrogen and oxygen atoms in total. The Labute approximate surface area is 70.4 Å². The highest BCUT2D eigenvalue weighted by Crippen LogP contribution is 2.09. The zero-order valence-corrected chi connectivity index (χ0v) is 6.49. The fourth-order valence-corrected chi connectivity index (χ4v) is 0.754. The lowest BCUT2D eigenvalue weighted by atomic mass is 10.3. The summed E-state index contributed by atoms with van der Waals surface area (Å²) >= 11 is 0. The molecule has 0 aliphatic rings. The quantitative estimate of drug-likeness (QED) is 0.704. The van der Waals surface area contributed by atoms with Crippen LogP contribution < -0.4 is 10.5 Å². The molecule has 0 aliphatic carbocycles. The molecule has 1 amide bonds. The fourth-order valence-electron chi connectivity index (χ4n) is 0.754. The van der Waals surface area contributed by atoms with E-state index >= 15 is 0 Å². The third kappa shape index (κ3) is 1.95. The highest BCUT2D eigenvalue weighted by atomic mass is 16.5. The van der Waals surface area contributed by atoms with Crippen molar-refractivity contribution >= 4 is 5.91 Å². The van der Waals surface area contributed by atoms with Crippen LogP contribution in [0.25, 0.3) is 0 Å². The van der Waals surface area contributed by atoms with Crippen molar-refractivity contribution in [1.29, 1.82) is 0 Å². The van der Waals surface area contributed by atoms with Crippen molar-refractivity contribution in [2.75, 3.05) is 6.61 Å². The number of carbonyl (C=O) groups is 1. The molecule has 0 spiro atoms. The largest absolute Gasteiger partial charge is 0.493 e. The van der Waals surface area contributed by atoms with E-state index < -0.39 is 5.91 Å². The van der Waals surface area contributed by atoms with E-state index in [0.29, 0.717) is 12.4 Å². The smallest absolute Gasteiger partial charge is 0.267 e. The lowest BCUT2D eigenvalue weighted by Gasteiger charge is -2.02. The SMILES string of the molecule is [CH2]COc1ccnc(C(N)=O)c1. The fraction of sp³-hybridized carbons (Fsp3) is 0.125. The van der Waals surface area contributed by atoms with E-state index in [1.165, 1.54) is 12.3 Å². The number of hydrogen-bond acceptors (Lipinski definition) is 3. The number of aromatic nitrogens is 1. The van der Waals surface area contributed by atoms with Gasteiger partial charge in [0.15, 0.2) is 0 Å². The van der Waals surface area contributed by atoms with Gasteiger partial charge in [-0.25, -0.2) is 0 Å². The van der Waals surface area contributed by atoms with E-state index in [9.17, 15) is 4.79 Å². The number of nitrogens with zero attached hydrogens (tertiary/aromatic N) is 1. The summed E-state index contributed by atoms with van der Waals surface area (Å²) in [5, 5.41) is 0. The van der Waals surface area contributed by atoms with Gasteiger partial charge in [0, 0.05) is 12.3 Å². The summed E-state index contributed by atoms with van der Waals surface area (Å²) in [6.07, 6.45) is 1.46. The van der Waals surface area contributed by atoms with Crippen molar-refractivity contribution in [3.8, 4) is 5.75 Å². The van der Waals surface area contributed by atoms with Gasteiger partial charge >= 0.3 is 0 Å². The molecule has 1 aromatic rings. The first-order valence-electron chi connectivity index (χ1n) is 3.42. The summed E-state index contributed by atoms with van der Waals surface area (Å²) in [6, 6.07) is 3.12. The molecule has 1 rings (SSSR count). The molecule has 0 unspecified atom stereocenters. The average molecular weight is 165 g/mol. The summed E-state index contributed by atoms with van der Waals surface area (Å²) in [7, 11) is 0. The zero-order chi connectivity index (χ0) is 8.97. The number of rotatable bonds is 3. The van der Waals surface area contributed by atoms with Crippen LogP contribution in [0.5, 0.6) is 5.75 Å². The molecule has 0 atom stereocenters. The van der Waals surface area contributed by atoms with Crippen molar-refractivity contribution in [2.45, 2.75) is 0 Å². The van der Waals surface area contributed by atoms with Crippen LogP contribution in [0.1, 0.15) is 10.5 Å². The van der Waals surface area contributed by atoms with Gasteiger partial charge < -0.3 is 10.5 Å². The maximum Gasteiger partial charge on any atom is 0.267 e. The predicted molar refractivity (Wildman–Crippen MR) is 43.6 cm³/mol. The van der Waals surface area contributed by atoms with Gasteiger partial charge in [0.05, 0.1) is 6.61 Å². The van der Waals surface area contributed by atoms with E-state index in [1.54, 1.807) is 6.07 Å². The van der Waals surface area contributed by atoms with Gasteiger partial charge in [0.1, 0.15) is 11.4 Å². The Hall–Kier alpha value is -1.58. The summed E-state index contributed by atoms with van der Waals surface area (Å²) in [6.45, 7) is 3.80. The summed E-state index contributed by atoms with van der Waals surface area (Å²) in [5.41, 5.74) is 5.20. The summed E-state index contributed by atoms with van der Waals surface area (Å²) in [5.74, 6) is -0.0155. The third-order valence-electron chi connectivity index (χ3n) is 1.25. The molecule has 63 valence electrons. The Kier molecular flexibility index (Phi) is 2.63. The lowest BCUT2D eigenvalue weighted by molar-refractivity contribution is 0.0995. The monoisotopic (exact) mass is 165 g/mol. The number of carbonyl (C=O) groups excluding carboxylic acids is 1. The van der Waals surface area contributed by atoms with Gasteiger partial charge in [-0.1, -0.05) is 0 Å². The Morgan fingerprint density at radius 2 is 2.50 bits per heavy atom. The van der Waals surface area contributed by atoms with E-state index in [0.717, 1.165) is 0 Å². The molecule has 1 radical (unpaired) electrons. The Morgan fingerprint density at radius 1 is 1.75 bits per heavy atom. The summed E-state index contributed by atoms with van der Waals surface area (Å²) < 4.78 is 5.04. The van der Waals surface area contributed by atoms with Gasteiger partial charge in [0.25, 0.3) is 5.91 Å². The Balaban J connectivity index is 2.88. The number of pyridine rings is 1. The highest BCUT2D eigenvalue weighted by Gasteiger charge is 2.02. The highest BCUT2D eigenvalue weighted by molar-refractivity contribution is 5.91. The first-order chi connectivity index (χ1) is 5.74. The first-order valence-corrected chi connectivity index (χ1v) is 3.42. The maximum absolute atomic E-state index is 10.6. The number of nitrogens with two attached hydrogens (primary N) is 1. The van der Waals surface area contributed by atoms with Crippen LogP contribution in [0.4, 0.5) is 0 Å². The van der Waals surface area contributed by atoms with Gasteiger partial charge in [-0.15, -0.1) is 0 Å². The second-order valence-electron chi connectivity index (χ2n) is 2.09. The minimum absolute atomic E-state index is 0.195. The van der Waals surface area contributed by atoms with Gasteiger partial charge in [-0.3, -0.25) is 9.78 Å². The van der Waals surface area contributed by atoms with E-state index in [4.69, 9.17) is 10.5 Å². The van der Waals surface area contributed by atoms with Crippen molar-refractivity contribution in [1.82, 2.24) is 4.98 Å². The van der Waals surface area contributed by atoms with Crippen LogP contribution in [-0.2, 0) is 0 Å². The zero-order valence-electron chi connectivity index (χ0n) is 6.49. The molecule has 1 heterocycles. The van der Waals surface area contributed by atoms with Crippen LogP contribution in [0, 0.1) is 6.92 Å². The number of amides is 1. The molecule has 0 aromatic carbocycles. The van der Waals surface area contributed by atoms with Crippen LogP contribution >= 0.6 is 0 Å². The predicted octanol–water partition coefficient (Wildman–Crippen LogP) is 0.393. The molecule has 4 heteroatoms. The van der Waals surface area contributed by atoms with Crippen molar-refractivity contribution < 1.29 is 9.53 Å². The van der Waals surface area contributed by atoms with Crippen molar-refractivity contribution in [3.63, 3.8) is 0 Å². The third-order valence-corrected chi connectivity index (χ3v) is 1.25. The molecule has 12 heavy (non-hydrogen) atoms. The van der Waals surface area contributed by atoms with Crippen molar-refractivity contribution in [2.24, 2.45) is 5.73 Å². The van der Waals surface area contributed by atoms with Gasteiger partial charge in [0.2, 0.25) is 0 Å². The van der Waals surface area contributed by atoms with E-state index in [2.05, 4.69) is 11.9 Å². The molecule has 2 N–H and O–H groups in total. The molecule has 0 bridgehead atoms. The molecule has 1 aromatic heterocycles. The average Bonchev–Trinajstić information content (AvgIpc) is 2.05. The molecule has 0 fully saturated rings. The molecular formula is C8H9N2O2. The normalized spacial score (nSPS) is 9.42. The van der Waals surface area contributed by atoms with Gasteiger partial charge in [-0.2, -0.15) is 0 Å². The molecular weight excluding hydrogens is 156 g/mol. The minimum Gasteiger partial charge on any atom is -0.493 e. The first kappa shape index (κ1) is 8.52. The number of primary amides is 1. The van der Waals surface area contributed by atoms with Crippen molar-refractivity contribution in [3.05, 3.63) is 30.9 Å². The van der Waals surface area contributed by atoms with Gasteiger partial charge in [-0.05, 0) is 13.0 Å². The standard InChI is InChI=1S/C8H9N2O2/c1-2-12-6-3-4-10-7(5-6)8(9)11/h3-5H,1-2H2,(H2,9,11). The second kappa shape index (κ2) is 3.71. The van der Waals surface area contributed by atoms with Crippen LogP contribution in [-0.4, -0.2) is 17.5 Å². The number of hydrogen-bond donors (Lipinski definition) is 1. The Morgan fingerprint density at radius 3 is 3.08 bits per heavy atom. The van der Waals surface area contributed by atoms with Crippen LogP contribution in [0.2, 0.25) is 0 Å². The lowest BCUT2D eigenvalue weighted by Crippen LogP contribution is -2.12. The van der Waals surface area contributed by atoms with E-state index in [1.807, 2.05) is 0 Å². The topological polar surface area (TPSA) is 65.2 Å². The number of ether oxygens (including phenoxy) is 1. The Bertz CT molecular complexity index is 286. The minimum atomic E-state index is -0.565. The van der Waals surface area contributed by atoms with E-state index in [-0.39, 0.29) is 5.69 Å². The van der Waals surface area contributed by atoms with Crippen LogP contribution in [0.15, 0.2) is 18.3 Å². The summed E-state index contributed by atoms with van der Waals surface area (Å²) in [4.78, 5) is 14.4.